The maximum absolute atomic E-state index is 6.25. The fraction of sp³-hybridized carbons (Fsp3) is 0. The van der Waals surface area contributed by atoms with Gasteiger partial charge in [-0.15, -0.1) is 0 Å². The minimum atomic E-state index is 0. The van der Waals surface area contributed by atoms with Crippen LogP contribution in [0.3, 0.4) is 0 Å². The van der Waals surface area contributed by atoms with Crippen molar-refractivity contribution in [1.82, 2.24) is 0 Å². The minimum absolute atomic E-state index is 0. The summed E-state index contributed by atoms with van der Waals surface area (Å²) in [4.78, 5) is 0. The third-order valence-electron chi connectivity index (χ3n) is 0. The zero-order chi connectivity index (χ0) is 12.0. The molecule has 9 heteroatoms. The monoisotopic (exact) mass is 321 g/mol. The van der Waals surface area contributed by atoms with Gasteiger partial charge in [-0.2, -0.15) is 0 Å². The van der Waals surface area contributed by atoms with E-state index in [-0.39, 0.29) is 51.2 Å². The molecule has 0 saturated carbocycles. The van der Waals surface area contributed by atoms with Crippen LogP contribution in [-0.2, 0) is 51.2 Å². The Morgan fingerprint density at radius 3 is 0.267 bits per heavy atom. The quantitative estimate of drug-likeness (QED) is 0.471. The molecule has 75 valence electrons. The Labute approximate surface area is 122 Å². The van der Waals surface area contributed by atoms with Crippen LogP contribution in [0.2, 0.25) is 0 Å². The molecule has 15 heavy (non-hydrogen) atoms. The molecule has 0 aliphatic carbocycles. The Kier molecular flexibility index (Phi) is 5090. The molecule has 0 aliphatic heterocycles. The van der Waals surface area contributed by atoms with Gasteiger partial charge >= 0.3 is 51.2 Å². The van der Waals surface area contributed by atoms with E-state index in [2.05, 4.69) is 0 Å². The second kappa shape index (κ2) is 733. The van der Waals surface area contributed by atoms with Gasteiger partial charge in [0, 0.05) is 0 Å². The van der Waals surface area contributed by atoms with E-state index in [9.17, 15) is 0 Å². The maximum atomic E-state index is 6.25. The first-order chi connectivity index (χ1) is 6.00. The molecule has 0 aromatic rings. The number of rotatable bonds is 0. The van der Waals surface area contributed by atoms with E-state index in [1.807, 2.05) is 0 Å². The van der Waals surface area contributed by atoms with Crippen molar-refractivity contribution in [2.75, 3.05) is 0 Å². The Hall–Kier alpha value is -1.50. The predicted molar refractivity (Wildman–Crippen MR) is 29.8 cm³/mol. The molecular weight excluding hydrogens is 321 g/mol. The van der Waals surface area contributed by atoms with Crippen LogP contribution in [0.25, 0.3) is 0 Å². The molecule has 6 nitrogen and oxygen atoms in total. The molecule has 0 aromatic carbocycles. The van der Waals surface area contributed by atoms with E-state index < -0.39 is 0 Å². The molecule has 3 radical (unpaired) electrons. The van der Waals surface area contributed by atoms with Gasteiger partial charge in [0.15, 0.2) is 0 Å². The SMILES string of the molecule is [C-]#N.[C-]#N.[C-]#N.[C-]#N.[C-]#N.[C-]#N.[Mn+2].[Mn+2].[Mn+2]. The van der Waals surface area contributed by atoms with E-state index in [1.165, 1.54) is 0 Å². The van der Waals surface area contributed by atoms with Gasteiger partial charge in [-0.1, -0.05) is 0 Å². The first-order valence-corrected chi connectivity index (χ1v) is 1.34. The third kappa shape index (κ3) is 611. The average Bonchev–Trinajstić information content (AvgIpc) is 2.33. The smallest absolute Gasteiger partial charge is 0.512 e. The van der Waals surface area contributed by atoms with Crippen LogP contribution in [0.5, 0.6) is 0 Å². The second-order valence-electron chi connectivity index (χ2n) is 0. The molecule has 0 unspecified atom stereocenters. The Bertz CT molecular complexity index is 97.9. The number of hydrogen-bond donors (Lipinski definition) is 0. The summed E-state index contributed by atoms with van der Waals surface area (Å²) in [5.74, 6) is 0. The zero-order valence-electron chi connectivity index (χ0n) is 6.82. The van der Waals surface area contributed by atoms with Gasteiger partial charge in [-0.3, -0.25) is 0 Å². The maximum Gasteiger partial charge on any atom is 2.00 e. The van der Waals surface area contributed by atoms with E-state index in [1.54, 1.807) is 0 Å². The van der Waals surface area contributed by atoms with Crippen molar-refractivity contribution in [1.29, 1.82) is 31.6 Å². The molecule has 0 spiro atoms. The van der Waals surface area contributed by atoms with Gasteiger partial charge in [-0.25, -0.2) is 0 Å². The Morgan fingerprint density at radius 2 is 0.267 bits per heavy atom. The summed E-state index contributed by atoms with van der Waals surface area (Å²) in [7, 11) is 0. The van der Waals surface area contributed by atoms with E-state index in [4.69, 9.17) is 71.0 Å². The topological polar surface area (TPSA) is 143 Å². The third-order valence-corrected chi connectivity index (χ3v) is 0. The van der Waals surface area contributed by atoms with Crippen LogP contribution in [0.4, 0.5) is 0 Å². The fourth-order valence-electron chi connectivity index (χ4n) is 0. The van der Waals surface area contributed by atoms with Crippen LogP contribution >= 0.6 is 0 Å². The molecule has 0 atom stereocenters. The van der Waals surface area contributed by atoms with Crippen molar-refractivity contribution in [2.24, 2.45) is 0 Å². The Morgan fingerprint density at radius 1 is 0.267 bits per heavy atom. The number of hydrogen-bond acceptors (Lipinski definition) is 6. The van der Waals surface area contributed by atoms with Gasteiger partial charge < -0.3 is 71.0 Å². The second-order valence-corrected chi connectivity index (χ2v) is 0. The van der Waals surface area contributed by atoms with Gasteiger partial charge in [-0.05, 0) is 0 Å². The van der Waals surface area contributed by atoms with Gasteiger partial charge in [0.2, 0.25) is 0 Å². The Balaban J connectivity index is -0.00000000396. The van der Waals surface area contributed by atoms with Crippen LogP contribution in [0.1, 0.15) is 0 Å². The summed E-state index contributed by atoms with van der Waals surface area (Å²) < 4.78 is 0. The van der Waals surface area contributed by atoms with Crippen molar-refractivity contribution in [3.8, 4) is 0 Å². The number of nitrogens with zero attached hydrogens (tertiary/aromatic N) is 6. The van der Waals surface area contributed by atoms with Crippen LogP contribution in [0, 0.1) is 71.0 Å². The first kappa shape index (κ1) is 104. The molecule has 0 saturated heterocycles. The van der Waals surface area contributed by atoms with Gasteiger partial charge in [0.1, 0.15) is 0 Å². The molecule has 0 N–H and O–H groups in total. The van der Waals surface area contributed by atoms with Crippen molar-refractivity contribution in [3.63, 3.8) is 0 Å². The predicted octanol–water partition coefficient (Wildman–Crippen LogP) is 0.571. The largest absolute Gasteiger partial charge is 2.00 e. The standard InChI is InChI=1S/6CN.3Mn/c6*1-2;;;/q6*-1;3*+2. The summed E-state index contributed by atoms with van der Waals surface area (Å²) in [5.41, 5.74) is 0. The molecule has 0 heterocycles. The van der Waals surface area contributed by atoms with Crippen LogP contribution < -0.4 is 0 Å². The molecule has 0 rings (SSSR count). The average molecular weight is 321 g/mol. The van der Waals surface area contributed by atoms with E-state index in [0.717, 1.165) is 0 Å². The molecule has 0 aliphatic rings. The van der Waals surface area contributed by atoms with Crippen molar-refractivity contribution in [3.05, 3.63) is 39.4 Å². The summed E-state index contributed by atoms with van der Waals surface area (Å²) >= 11 is 0. The van der Waals surface area contributed by atoms with Crippen molar-refractivity contribution >= 4 is 0 Å². The van der Waals surface area contributed by atoms with E-state index >= 15 is 0 Å². The van der Waals surface area contributed by atoms with Gasteiger partial charge in [0.25, 0.3) is 0 Å². The molecule has 0 fully saturated rings. The van der Waals surface area contributed by atoms with Crippen LogP contribution in [0.15, 0.2) is 0 Å². The normalized spacial score (nSPS) is 0.800. The zero-order valence-corrected chi connectivity index (χ0v) is 10.4. The van der Waals surface area contributed by atoms with Crippen molar-refractivity contribution in [2.45, 2.75) is 0 Å². The summed E-state index contributed by atoms with van der Waals surface area (Å²) in [5, 5.41) is 37.5. The fourth-order valence-corrected chi connectivity index (χ4v) is 0. The minimum Gasteiger partial charge on any atom is -0.512 e. The van der Waals surface area contributed by atoms with Gasteiger partial charge in [0.05, 0.1) is 0 Å². The molecule has 0 aromatic heterocycles. The van der Waals surface area contributed by atoms with Crippen LogP contribution in [-0.4, -0.2) is 0 Å². The van der Waals surface area contributed by atoms with Crippen molar-refractivity contribution < 1.29 is 51.2 Å². The molecule has 0 bridgehead atoms. The summed E-state index contributed by atoms with van der Waals surface area (Å²) in [6, 6.07) is 0. The molecule has 0 amide bonds. The van der Waals surface area contributed by atoms with E-state index in [0.29, 0.717) is 0 Å². The first-order valence-electron chi connectivity index (χ1n) is 1.34. The summed E-state index contributed by atoms with van der Waals surface area (Å²) in [6.45, 7) is 28.5. The molecular formula is C6Mn3N6. The summed E-state index contributed by atoms with van der Waals surface area (Å²) in [6.07, 6.45) is 0.